The molecule has 1 amide bonds. The number of aryl methyl sites for hydroxylation is 1. The maximum absolute atomic E-state index is 10.5. The normalized spacial score (nSPS) is 10.0. The second-order valence-corrected chi connectivity index (χ2v) is 4.05. The van der Waals surface area contributed by atoms with Crippen molar-refractivity contribution in [3.63, 3.8) is 0 Å². The number of carboxylic acid groups (broad SMARTS) is 1. The summed E-state index contributed by atoms with van der Waals surface area (Å²) in [5, 5.41) is 7.19. The molecular formula is C8H11NO5S. The quantitative estimate of drug-likeness (QED) is 0.622. The fraction of sp³-hybridized carbons (Fsp3) is 0.125. The summed E-state index contributed by atoms with van der Waals surface area (Å²) in [5.74, 6) is 0. The summed E-state index contributed by atoms with van der Waals surface area (Å²) in [4.78, 5) is 8.71. The van der Waals surface area contributed by atoms with E-state index >= 15 is 0 Å². The highest BCUT2D eigenvalue weighted by Gasteiger charge is 2.06. The fourth-order valence-electron chi connectivity index (χ4n) is 0.710. The molecule has 0 aliphatic rings. The van der Waals surface area contributed by atoms with E-state index in [9.17, 15) is 8.42 Å². The molecule has 0 unspecified atom stereocenters. The second kappa shape index (κ2) is 5.32. The molecule has 0 aliphatic heterocycles. The minimum Gasteiger partial charge on any atom is -0.465 e. The summed E-state index contributed by atoms with van der Waals surface area (Å²) in [6, 6.07) is 5.99. The van der Waals surface area contributed by atoms with Crippen LogP contribution in [0.4, 0.5) is 4.79 Å². The van der Waals surface area contributed by atoms with Crippen molar-refractivity contribution in [2.75, 3.05) is 0 Å². The molecule has 4 N–H and O–H groups in total. The van der Waals surface area contributed by atoms with Gasteiger partial charge in [-0.15, -0.1) is 0 Å². The van der Waals surface area contributed by atoms with Gasteiger partial charge in [0.1, 0.15) is 0 Å². The summed E-state index contributed by atoms with van der Waals surface area (Å²) in [6.45, 7) is 1.84. The van der Waals surface area contributed by atoms with E-state index in [-0.39, 0.29) is 4.90 Å². The van der Waals surface area contributed by atoms with E-state index in [2.05, 4.69) is 5.73 Å². The fourth-order valence-corrected chi connectivity index (χ4v) is 1.19. The number of carbonyl (C=O) groups is 1. The van der Waals surface area contributed by atoms with E-state index in [0.717, 1.165) is 5.56 Å². The van der Waals surface area contributed by atoms with E-state index in [0.29, 0.717) is 0 Å². The minimum absolute atomic E-state index is 0.0666. The summed E-state index contributed by atoms with van der Waals surface area (Å²) < 4.78 is 29.6. The molecular weight excluding hydrogens is 222 g/mol. The summed E-state index contributed by atoms with van der Waals surface area (Å²) >= 11 is 0. The number of benzene rings is 1. The molecule has 0 radical (unpaired) electrons. The van der Waals surface area contributed by atoms with Crippen LogP contribution in [-0.4, -0.2) is 24.2 Å². The lowest BCUT2D eigenvalue weighted by molar-refractivity contribution is 0.205. The van der Waals surface area contributed by atoms with E-state index < -0.39 is 16.2 Å². The van der Waals surface area contributed by atoms with Crippen LogP contribution in [0.25, 0.3) is 0 Å². The molecule has 84 valence electrons. The highest BCUT2D eigenvalue weighted by atomic mass is 32.2. The van der Waals surface area contributed by atoms with E-state index in [1.54, 1.807) is 12.1 Å². The average Bonchev–Trinajstić information content (AvgIpc) is 2.01. The molecule has 0 fully saturated rings. The number of rotatable bonds is 1. The standard InChI is InChI=1S/C7H8O3S.CH3NO2/c1-6-2-4-7(5-3-6)11(8,9)10;2-1(3)4/h2-5H,1H3,(H,8,9,10);2H2,(H,3,4). The Bertz CT molecular complexity index is 419. The van der Waals surface area contributed by atoms with Crippen LogP contribution in [0, 0.1) is 6.92 Å². The van der Waals surface area contributed by atoms with Crippen molar-refractivity contribution in [3.05, 3.63) is 29.8 Å². The van der Waals surface area contributed by atoms with Gasteiger partial charge in [-0.1, -0.05) is 17.7 Å². The molecule has 1 aromatic rings. The van der Waals surface area contributed by atoms with Crippen LogP contribution < -0.4 is 5.73 Å². The Morgan fingerprint density at radius 3 is 1.87 bits per heavy atom. The third kappa shape index (κ3) is 6.47. The second-order valence-electron chi connectivity index (χ2n) is 2.63. The average molecular weight is 233 g/mol. The van der Waals surface area contributed by atoms with Gasteiger partial charge in [-0.3, -0.25) is 4.55 Å². The molecule has 0 aliphatic carbocycles. The van der Waals surface area contributed by atoms with E-state index in [4.69, 9.17) is 14.5 Å². The molecule has 0 aromatic heterocycles. The van der Waals surface area contributed by atoms with Gasteiger partial charge in [0, 0.05) is 0 Å². The first-order valence-corrected chi connectivity index (χ1v) is 5.20. The van der Waals surface area contributed by atoms with Crippen molar-refractivity contribution in [2.24, 2.45) is 5.73 Å². The SMILES string of the molecule is Cc1ccc(S(=O)(=O)O)cc1.NC(=O)O. The molecule has 1 rings (SSSR count). The van der Waals surface area contributed by atoms with Crippen molar-refractivity contribution >= 4 is 16.2 Å². The number of amides is 1. The van der Waals surface area contributed by atoms with E-state index in [1.807, 2.05) is 6.92 Å². The summed E-state index contributed by atoms with van der Waals surface area (Å²) in [6.07, 6.45) is -1.33. The molecule has 7 heteroatoms. The van der Waals surface area contributed by atoms with Crippen molar-refractivity contribution in [2.45, 2.75) is 11.8 Å². The molecule has 0 spiro atoms. The van der Waals surface area contributed by atoms with Gasteiger partial charge in [0.2, 0.25) is 0 Å². The molecule has 0 atom stereocenters. The smallest absolute Gasteiger partial charge is 0.402 e. The van der Waals surface area contributed by atoms with Gasteiger partial charge in [-0.2, -0.15) is 8.42 Å². The van der Waals surface area contributed by atoms with Gasteiger partial charge in [0.05, 0.1) is 4.90 Å². The molecule has 0 saturated carbocycles. The van der Waals surface area contributed by atoms with Crippen molar-refractivity contribution in [3.8, 4) is 0 Å². The largest absolute Gasteiger partial charge is 0.465 e. The van der Waals surface area contributed by atoms with Gasteiger partial charge >= 0.3 is 6.09 Å². The molecule has 15 heavy (non-hydrogen) atoms. The molecule has 1 aromatic carbocycles. The zero-order chi connectivity index (χ0) is 12.1. The Hall–Kier alpha value is -1.60. The van der Waals surface area contributed by atoms with Gasteiger partial charge in [-0.25, -0.2) is 4.79 Å². The van der Waals surface area contributed by atoms with Crippen LogP contribution >= 0.6 is 0 Å². The Kier molecular flexibility index (Phi) is 4.75. The maximum atomic E-state index is 10.5. The molecule has 6 nitrogen and oxygen atoms in total. The molecule has 0 saturated heterocycles. The lowest BCUT2D eigenvalue weighted by atomic mass is 10.2. The number of hydrogen-bond donors (Lipinski definition) is 3. The Morgan fingerprint density at radius 2 is 1.60 bits per heavy atom. The van der Waals surface area contributed by atoms with Crippen molar-refractivity contribution in [1.29, 1.82) is 0 Å². The topological polar surface area (TPSA) is 118 Å². The minimum atomic E-state index is -4.02. The van der Waals surface area contributed by atoms with Crippen LogP contribution in [0.15, 0.2) is 29.2 Å². The first-order valence-electron chi connectivity index (χ1n) is 3.76. The van der Waals surface area contributed by atoms with Crippen LogP contribution in [0.1, 0.15) is 5.56 Å². The van der Waals surface area contributed by atoms with Crippen LogP contribution in [0.2, 0.25) is 0 Å². The van der Waals surface area contributed by atoms with Gasteiger partial charge in [0.25, 0.3) is 10.1 Å². The number of hydrogen-bond acceptors (Lipinski definition) is 3. The van der Waals surface area contributed by atoms with Gasteiger partial charge in [0.15, 0.2) is 0 Å². The monoisotopic (exact) mass is 233 g/mol. The maximum Gasteiger partial charge on any atom is 0.402 e. The predicted octanol–water partition coefficient (Wildman–Crippen LogP) is 0.865. The highest BCUT2D eigenvalue weighted by molar-refractivity contribution is 7.85. The molecule has 0 heterocycles. The third-order valence-electron chi connectivity index (χ3n) is 1.32. The number of primary amides is 1. The highest BCUT2D eigenvalue weighted by Crippen LogP contribution is 2.08. The van der Waals surface area contributed by atoms with Crippen molar-refractivity contribution in [1.82, 2.24) is 0 Å². The van der Waals surface area contributed by atoms with Crippen LogP contribution in [0.3, 0.4) is 0 Å². The summed E-state index contributed by atoms with van der Waals surface area (Å²) in [7, 11) is -4.02. The Morgan fingerprint density at radius 1 is 1.27 bits per heavy atom. The zero-order valence-electron chi connectivity index (χ0n) is 7.91. The number of nitrogens with two attached hydrogens (primary N) is 1. The lowest BCUT2D eigenvalue weighted by Crippen LogP contribution is -2.03. The van der Waals surface area contributed by atoms with Gasteiger partial charge in [-0.05, 0) is 19.1 Å². The van der Waals surface area contributed by atoms with E-state index in [1.165, 1.54) is 12.1 Å². The first-order chi connectivity index (χ1) is 6.73. The van der Waals surface area contributed by atoms with Crippen LogP contribution in [-0.2, 0) is 10.1 Å². The predicted molar refractivity (Wildman–Crippen MR) is 53.2 cm³/mol. The lowest BCUT2D eigenvalue weighted by Gasteiger charge is -1.95. The third-order valence-corrected chi connectivity index (χ3v) is 2.19. The molecule has 0 bridgehead atoms. The van der Waals surface area contributed by atoms with Crippen molar-refractivity contribution < 1.29 is 22.9 Å². The van der Waals surface area contributed by atoms with Gasteiger partial charge < -0.3 is 10.8 Å². The summed E-state index contributed by atoms with van der Waals surface area (Å²) in [5.41, 5.74) is 4.98. The first kappa shape index (κ1) is 13.4. The zero-order valence-corrected chi connectivity index (χ0v) is 8.73. The Balaban J connectivity index is 0.000000423. The Labute approximate surface area is 87.1 Å². The van der Waals surface area contributed by atoms with Crippen LogP contribution in [0.5, 0.6) is 0 Å².